The van der Waals surface area contributed by atoms with E-state index in [0.29, 0.717) is 5.56 Å². The van der Waals surface area contributed by atoms with Gasteiger partial charge < -0.3 is 5.32 Å². The normalized spacial score (nSPS) is 12.0. The van der Waals surface area contributed by atoms with E-state index in [2.05, 4.69) is 10.4 Å². The minimum absolute atomic E-state index is 0.0847. The van der Waals surface area contributed by atoms with Crippen molar-refractivity contribution in [2.75, 3.05) is 0 Å². The minimum Gasteiger partial charge on any atom is -0.348 e. The van der Waals surface area contributed by atoms with Gasteiger partial charge in [0.05, 0.1) is 22.0 Å². The van der Waals surface area contributed by atoms with E-state index in [1.807, 2.05) is 0 Å². The van der Waals surface area contributed by atoms with Gasteiger partial charge in [0.25, 0.3) is 5.91 Å². The molecule has 0 atom stereocenters. The Kier molecular flexibility index (Phi) is 6.81. The second-order valence-electron chi connectivity index (χ2n) is 7.69. The zero-order valence-electron chi connectivity index (χ0n) is 18.2. The molecule has 186 valence electrons. The number of rotatable bonds is 5. The van der Waals surface area contributed by atoms with Gasteiger partial charge in [-0.2, -0.15) is 31.4 Å². The molecule has 0 aliphatic rings. The number of benzene rings is 3. The van der Waals surface area contributed by atoms with Crippen molar-refractivity contribution in [1.82, 2.24) is 15.1 Å². The second-order valence-corrected chi connectivity index (χ2v) is 8.10. The number of hydrogen-bond donors (Lipinski definition) is 1. The maximum Gasteiger partial charge on any atom is 0.435 e. The molecular weight excluding hydrogens is 508 g/mol. The summed E-state index contributed by atoms with van der Waals surface area (Å²) < 4.78 is 80.7. The van der Waals surface area contributed by atoms with Crippen molar-refractivity contribution in [2.24, 2.45) is 0 Å². The largest absolute Gasteiger partial charge is 0.435 e. The molecular formula is C25H16ClF6N3O. The molecule has 4 rings (SSSR count). The van der Waals surface area contributed by atoms with Gasteiger partial charge in [-0.15, -0.1) is 0 Å². The number of carbonyl (C=O) groups excluding carboxylic acids is 1. The van der Waals surface area contributed by atoms with Gasteiger partial charge >= 0.3 is 12.4 Å². The van der Waals surface area contributed by atoms with Crippen LogP contribution in [0.5, 0.6) is 0 Å². The third kappa shape index (κ3) is 5.38. The SMILES string of the molecule is O=C(NCc1ccccc1C(F)(F)F)c1ccc(-c2cc(C(F)(F)F)nn2-c2ccccc2Cl)cc1. The molecule has 0 saturated carbocycles. The third-order valence-corrected chi connectivity index (χ3v) is 5.61. The highest BCUT2D eigenvalue weighted by atomic mass is 35.5. The van der Waals surface area contributed by atoms with E-state index in [4.69, 9.17) is 11.6 Å². The van der Waals surface area contributed by atoms with Gasteiger partial charge in [0.2, 0.25) is 0 Å². The van der Waals surface area contributed by atoms with Crippen LogP contribution in [0.25, 0.3) is 16.9 Å². The highest BCUT2D eigenvalue weighted by Gasteiger charge is 2.35. The van der Waals surface area contributed by atoms with Gasteiger partial charge in [-0.1, -0.05) is 54.1 Å². The molecule has 0 bridgehead atoms. The average molecular weight is 524 g/mol. The van der Waals surface area contributed by atoms with Crippen molar-refractivity contribution in [3.63, 3.8) is 0 Å². The molecule has 0 spiro atoms. The number of nitrogens with one attached hydrogen (secondary N) is 1. The molecule has 1 amide bonds. The molecule has 0 aliphatic heterocycles. The van der Waals surface area contributed by atoms with E-state index in [1.165, 1.54) is 54.6 Å². The lowest BCUT2D eigenvalue weighted by atomic mass is 10.1. The number of aromatic nitrogens is 2. The Morgan fingerprint density at radius 1 is 0.861 bits per heavy atom. The molecule has 1 heterocycles. The number of amides is 1. The molecule has 1 aromatic heterocycles. The number of halogens is 7. The van der Waals surface area contributed by atoms with Crippen molar-refractivity contribution < 1.29 is 31.1 Å². The van der Waals surface area contributed by atoms with Gasteiger partial charge in [0, 0.05) is 17.7 Å². The van der Waals surface area contributed by atoms with Crippen LogP contribution in [0, 0.1) is 0 Å². The summed E-state index contributed by atoms with van der Waals surface area (Å²) >= 11 is 6.17. The van der Waals surface area contributed by atoms with E-state index >= 15 is 0 Å². The zero-order chi connectivity index (χ0) is 26.1. The summed E-state index contributed by atoms with van der Waals surface area (Å²) in [5.41, 5.74) is -1.33. The summed E-state index contributed by atoms with van der Waals surface area (Å²) in [6.45, 7) is -0.357. The monoisotopic (exact) mass is 523 g/mol. The molecule has 0 saturated heterocycles. The van der Waals surface area contributed by atoms with E-state index in [1.54, 1.807) is 12.1 Å². The van der Waals surface area contributed by atoms with Crippen molar-refractivity contribution >= 4 is 17.5 Å². The Bertz CT molecular complexity index is 1390. The zero-order valence-corrected chi connectivity index (χ0v) is 18.9. The average Bonchev–Trinajstić information content (AvgIpc) is 3.28. The predicted molar refractivity (Wildman–Crippen MR) is 122 cm³/mol. The molecule has 0 unspecified atom stereocenters. The smallest absolute Gasteiger partial charge is 0.348 e. The van der Waals surface area contributed by atoms with Crippen LogP contribution in [0.15, 0.2) is 78.9 Å². The quantitative estimate of drug-likeness (QED) is 0.282. The standard InChI is InChI=1S/C25H16ClF6N3O/c26-19-7-3-4-8-20(19)35-21(13-22(34-35)25(30,31)32)15-9-11-16(12-10-15)23(36)33-14-17-5-1-2-6-18(17)24(27,28)29/h1-13H,14H2,(H,33,36). The summed E-state index contributed by atoms with van der Waals surface area (Å²) in [6.07, 6.45) is -9.27. The molecule has 4 aromatic rings. The molecule has 0 aliphatic carbocycles. The summed E-state index contributed by atoms with van der Waals surface area (Å²) in [4.78, 5) is 12.5. The Hall–Kier alpha value is -3.79. The molecule has 0 fully saturated rings. The summed E-state index contributed by atoms with van der Waals surface area (Å²) in [5.74, 6) is -0.644. The first-order valence-corrected chi connectivity index (χ1v) is 10.8. The van der Waals surface area contributed by atoms with Crippen LogP contribution in [-0.2, 0) is 18.9 Å². The van der Waals surface area contributed by atoms with E-state index in [-0.39, 0.29) is 34.1 Å². The fraction of sp³-hybridized carbons (Fsp3) is 0.120. The highest BCUT2D eigenvalue weighted by molar-refractivity contribution is 6.32. The van der Waals surface area contributed by atoms with Gasteiger partial charge in [0.15, 0.2) is 5.69 Å². The van der Waals surface area contributed by atoms with Crippen LogP contribution >= 0.6 is 11.6 Å². The number of hydrogen-bond acceptors (Lipinski definition) is 2. The molecule has 0 radical (unpaired) electrons. The number of nitrogens with zero attached hydrogens (tertiary/aromatic N) is 2. The maximum atomic E-state index is 13.4. The Balaban J connectivity index is 1.60. The van der Waals surface area contributed by atoms with Crippen LogP contribution < -0.4 is 5.32 Å². The van der Waals surface area contributed by atoms with E-state index < -0.39 is 29.5 Å². The van der Waals surface area contributed by atoms with Crippen LogP contribution in [0.3, 0.4) is 0 Å². The number of para-hydroxylation sites is 1. The van der Waals surface area contributed by atoms with Crippen LogP contribution in [0.1, 0.15) is 27.2 Å². The number of alkyl halides is 6. The third-order valence-electron chi connectivity index (χ3n) is 5.29. The van der Waals surface area contributed by atoms with Gasteiger partial charge in [-0.05, 0) is 42.0 Å². The van der Waals surface area contributed by atoms with Gasteiger partial charge in [-0.3, -0.25) is 4.79 Å². The van der Waals surface area contributed by atoms with Crippen molar-refractivity contribution in [3.8, 4) is 16.9 Å². The first kappa shape index (κ1) is 25.3. The maximum absolute atomic E-state index is 13.4. The lowest BCUT2D eigenvalue weighted by Crippen LogP contribution is -2.24. The Morgan fingerprint density at radius 2 is 1.50 bits per heavy atom. The molecule has 4 nitrogen and oxygen atoms in total. The molecule has 36 heavy (non-hydrogen) atoms. The van der Waals surface area contributed by atoms with Crippen molar-refractivity contribution in [2.45, 2.75) is 18.9 Å². The van der Waals surface area contributed by atoms with Crippen LogP contribution in [0.2, 0.25) is 5.02 Å². The lowest BCUT2D eigenvalue weighted by Gasteiger charge is -2.13. The van der Waals surface area contributed by atoms with Gasteiger partial charge in [0.1, 0.15) is 0 Å². The Labute approximate surface area is 206 Å². The highest BCUT2D eigenvalue weighted by Crippen LogP contribution is 2.35. The fourth-order valence-corrected chi connectivity index (χ4v) is 3.77. The van der Waals surface area contributed by atoms with Crippen LogP contribution in [0.4, 0.5) is 26.3 Å². The minimum atomic E-state index is -4.70. The predicted octanol–water partition coefficient (Wildman–Crippen LogP) is 7.16. The topological polar surface area (TPSA) is 46.9 Å². The first-order chi connectivity index (χ1) is 16.9. The van der Waals surface area contributed by atoms with E-state index in [0.717, 1.165) is 16.8 Å². The molecule has 1 N–H and O–H groups in total. The van der Waals surface area contributed by atoms with Crippen molar-refractivity contribution in [1.29, 1.82) is 0 Å². The summed E-state index contributed by atoms with van der Waals surface area (Å²) in [6, 6.07) is 17.6. The summed E-state index contributed by atoms with van der Waals surface area (Å²) in [7, 11) is 0. The van der Waals surface area contributed by atoms with Gasteiger partial charge in [-0.25, -0.2) is 4.68 Å². The van der Waals surface area contributed by atoms with E-state index in [9.17, 15) is 31.1 Å². The molecule has 3 aromatic carbocycles. The number of carbonyl (C=O) groups is 1. The second kappa shape index (κ2) is 9.69. The first-order valence-electron chi connectivity index (χ1n) is 10.4. The fourth-order valence-electron chi connectivity index (χ4n) is 3.55. The summed E-state index contributed by atoms with van der Waals surface area (Å²) in [5, 5.41) is 6.29. The lowest BCUT2D eigenvalue weighted by molar-refractivity contribution is -0.141. The molecule has 11 heteroatoms. The van der Waals surface area contributed by atoms with Crippen LogP contribution in [-0.4, -0.2) is 15.7 Å². The van der Waals surface area contributed by atoms with Crippen molar-refractivity contribution in [3.05, 3.63) is 106 Å². The Morgan fingerprint density at radius 3 is 2.14 bits per heavy atom.